The standard InChI is InChI=1S/C13H14N2O/c1-16-11-4-2-3-10(7-11)13-8-12(14-15-13)9-5-6-9/h2-4,7-9H,5-6H2,1H3,(H,14,15). The predicted octanol–water partition coefficient (Wildman–Crippen LogP) is 2.96. The van der Waals surface area contributed by atoms with Gasteiger partial charge in [0, 0.05) is 17.2 Å². The SMILES string of the molecule is COc1cccc(-c2cc(C3CC3)[nH]n2)c1. The Labute approximate surface area is 94.5 Å². The summed E-state index contributed by atoms with van der Waals surface area (Å²) in [5.41, 5.74) is 3.36. The molecule has 1 aromatic carbocycles. The van der Waals surface area contributed by atoms with Gasteiger partial charge in [-0.25, -0.2) is 0 Å². The van der Waals surface area contributed by atoms with Crippen molar-refractivity contribution in [1.82, 2.24) is 10.2 Å². The predicted molar refractivity (Wildman–Crippen MR) is 62.6 cm³/mol. The Balaban J connectivity index is 1.93. The second-order valence-electron chi connectivity index (χ2n) is 4.21. The third kappa shape index (κ3) is 1.69. The summed E-state index contributed by atoms with van der Waals surface area (Å²) in [6.07, 6.45) is 2.58. The second-order valence-corrected chi connectivity index (χ2v) is 4.21. The van der Waals surface area contributed by atoms with E-state index in [-0.39, 0.29) is 0 Å². The number of aromatic amines is 1. The van der Waals surface area contributed by atoms with Gasteiger partial charge in [0.05, 0.1) is 12.8 Å². The molecule has 0 amide bonds. The summed E-state index contributed by atoms with van der Waals surface area (Å²) in [5.74, 6) is 1.58. The van der Waals surface area contributed by atoms with Crippen LogP contribution >= 0.6 is 0 Å². The minimum atomic E-state index is 0.715. The highest BCUT2D eigenvalue weighted by Crippen LogP contribution is 2.40. The van der Waals surface area contributed by atoms with E-state index in [1.165, 1.54) is 18.5 Å². The number of hydrogen-bond acceptors (Lipinski definition) is 2. The molecule has 1 aromatic heterocycles. The fourth-order valence-electron chi connectivity index (χ4n) is 1.87. The minimum absolute atomic E-state index is 0.715. The maximum atomic E-state index is 5.20. The summed E-state index contributed by atoms with van der Waals surface area (Å²) >= 11 is 0. The van der Waals surface area contributed by atoms with Crippen LogP contribution in [0.3, 0.4) is 0 Å². The van der Waals surface area contributed by atoms with Gasteiger partial charge in [-0.15, -0.1) is 0 Å². The highest BCUT2D eigenvalue weighted by atomic mass is 16.5. The number of benzene rings is 1. The van der Waals surface area contributed by atoms with Crippen molar-refractivity contribution in [2.45, 2.75) is 18.8 Å². The first-order valence-corrected chi connectivity index (χ1v) is 5.56. The van der Waals surface area contributed by atoms with Crippen molar-refractivity contribution in [1.29, 1.82) is 0 Å². The molecular weight excluding hydrogens is 200 g/mol. The van der Waals surface area contributed by atoms with Crippen LogP contribution in [-0.2, 0) is 0 Å². The number of ether oxygens (including phenoxy) is 1. The van der Waals surface area contributed by atoms with Gasteiger partial charge < -0.3 is 4.74 Å². The number of H-pyrrole nitrogens is 1. The first kappa shape index (κ1) is 9.46. The lowest BCUT2D eigenvalue weighted by molar-refractivity contribution is 0.415. The van der Waals surface area contributed by atoms with Crippen LogP contribution in [0.4, 0.5) is 0 Å². The van der Waals surface area contributed by atoms with Crippen LogP contribution in [0, 0.1) is 0 Å². The molecule has 2 aromatic rings. The summed E-state index contributed by atoms with van der Waals surface area (Å²) < 4.78 is 5.20. The van der Waals surface area contributed by atoms with Crippen LogP contribution in [0.25, 0.3) is 11.3 Å². The van der Waals surface area contributed by atoms with Crippen molar-refractivity contribution in [2.24, 2.45) is 0 Å². The average molecular weight is 214 g/mol. The lowest BCUT2D eigenvalue weighted by Gasteiger charge is -2.00. The van der Waals surface area contributed by atoms with E-state index in [2.05, 4.69) is 22.3 Å². The molecule has 0 aliphatic heterocycles. The highest BCUT2D eigenvalue weighted by molar-refractivity contribution is 5.61. The average Bonchev–Trinajstić information content (AvgIpc) is 3.07. The van der Waals surface area contributed by atoms with Crippen LogP contribution in [0.15, 0.2) is 30.3 Å². The summed E-state index contributed by atoms with van der Waals surface area (Å²) in [7, 11) is 1.68. The molecule has 0 bridgehead atoms. The van der Waals surface area contributed by atoms with Gasteiger partial charge in [-0.3, -0.25) is 5.10 Å². The van der Waals surface area contributed by atoms with Crippen molar-refractivity contribution in [3.8, 4) is 17.0 Å². The molecule has 1 heterocycles. The fraction of sp³-hybridized carbons (Fsp3) is 0.308. The smallest absolute Gasteiger partial charge is 0.119 e. The molecule has 1 fully saturated rings. The van der Waals surface area contributed by atoms with Crippen molar-refractivity contribution >= 4 is 0 Å². The maximum Gasteiger partial charge on any atom is 0.119 e. The van der Waals surface area contributed by atoms with Gasteiger partial charge in [-0.2, -0.15) is 5.10 Å². The number of nitrogens with zero attached hydrogens (tertiary/aromatic N) is 1. The number of hydrogen-bond donors (Lipinski definition) is 1. The summed E-state index contributed by atoms with van der Waals surface area (Å²) in [4.78, 5) is 0. The Bertz CT molecular complexity index is 500. The van der Waals surface area contributed by atoms with E-state index >= 15 is 0 Å². The Morgan fingerprint density at radius 1 is 1.31 bits per heavy atom. The van der Waals surface area contributed by atoms with Gasteiger partial charge in [-0.05, 0) is 31.0 Å². The number of aromatic nitrogens is 2. The molecule has 0 atom stereocenters. The lowest BCUT2D eigenvalue weighted by atomic mass is 10.1. The normalized spacial score (nSPS) is 15.1. The molecule has 0 unspecified atom stereocenters. The van der Waals surface area contributed by atoms with Gasteiger partial charge in [0.1, 0.15) is 5.75 Å². The Morgan fingerprint density at radius 2 is 2.19 bits per heavy atom. The van der Waals surface area contributed by atoms with Crippen LogP contribution < -0.4 is 4.74 Å². The third-order valence-corrected chi connectivity index (χ3v) is 2.98. The topological polar surface area (TPSA) is 37.9 Å². The molecule has 16 heavy (non-hydrogen) atoms. The summed E-state index contributed by atoms with van der Waals surface area (Å²) in [5, 5.41) is 7.46. The van der Waals surface area contributed by atoms with Crippen LogP contribution in [-0.4, -0.2) is 17.3 Å². The Kier molecular flexibility index (Phi) is 2.17. The van der Waals surface area contributed by atoms with E-state index in [0.29, 0.717) is 5.92 Å². The highest BCUT2D eigenvalue weighted by Gasteiger charge is 2.25. The molecule has 0 radical (unpaired) electrons. The zero-order valence-corrected chi connectivity index (χ0v) is 9.23. The zero-order chi connectivity index (χ0) is 11.0. The second kappa shape index (κ2) is 3.67. The van der Waals surface area contributed by atoms with Crippen LogP contribution in [0.1, 0.15) is 24.5 Å². The van der Waals surface area contributed by atoms with Crippen molar-refractivity contribution in [3.05, 3.63) is 36.0 Å². The van der Waals surface area contributed by atoms with Crippen molar-refractivity contribution in [3.63, 3.8) is 0 Å². The van der Waals surface area contributed by atoms with Gasteiger partial charge in [0.15, 0.2) is 0 Å². The molecule has 0 spiro atoms. The largest absolute Gasteiger partial charge is 0.497 e. The Morgan fingerprint density at radius 3 is 2.94 bits per heavy atom. The quantitative estimate of drug-likeness (QED) is 0.853. The Hall–Kier alpha value is -1.77. The number of nitrogens with one attached hydrogen (secondary N) is 1. The van der Waals surface area contributed by atoms with Gasteiger partial charge >= 0.3 is 0 Å². The monoisotopic (exact) mass is 214 g/mol. The first-order chi connectivity index (χ1) is 7.86. The van der Waals surface area contributed by atoms with Gasteiger partial charge in [-0.1, -0.05) is 12.1 Å². The zero-order valence-electron chi connectivity index (χ0n) is 9.23. The van der Waals surface area contributed by atoms with E-state index in [9.17, 15) is 0 Å². The van der Waals surface area contributed by atoms with E-state index in [0.717, 1.165) is 17.0 Å². The van der Waals surface area contributed by atoms with Gasteiger partial charge in [0.25, 0.3) is 0 Å². The minimum Gasteiger partial charge on any atom is -0.497 e. The fourth-order valence-corrected chi connectivity index (χ4v) is 1.87. The molecule has 3 rings (SSSR count). The molecule has 3 nitrogen and oxygen atoms in total. The third-order valence-electron chi connectivity index (χ3n) is 2.98. The number of methoxy groups -OCH3 is 1. The van der Waals surface area contributed by atoms with E-state index in [1.54, 1.807) is 7.11 Å². The van der Waals surface area contributed by atoms with Crippen molar-refractivity contribution in [2.75, 3.05) is 7.11 Å². The molecule has 82 valence electrons. The molecule has 1 N–H and O–H groups in total. The summed E-state index contributed by atoms with van der Waals surface area (Å²) in [6.45, 7) is 0. The van der Waals surface area contributed by atoms with Crippen molar-refractivity contribution < 1.29 is 4.74 Å². The number of rotatable bonds is 3. The summed E-state index contributed by atoms with van der Waals surface area (Å²) in [6, 6.07) is 10.1. The van der Waals surface area contributed by atoms with Crippen LogP contribution in [0.5, 0.6) is 5.75 Å². The lowest BCUT2D eigenvalue weighted by Crippen LogP contribution is -1.83. The molecule has 1 aliphatic rings. The molecule has 3 heteroatoms. The van der Waals surface area contributed by atoms with E-state index < -0.39 is 0 Å². The molecule has 0 saturated heterocycles. The molecule has 1 saturated carbocycles. The van der Waals surface area contributed by atoms with E-state index in [4.69, 9.17) is 4.74 Å². The first-order valence-electron chi connectivity index (χ1n) is 5.56. The van der Waals surface area contributed by atoms with E-state index in [1.807, 2.05) is 18.2 Å². The van der Waals surface area contributed by atoms with Crippen LogP contribution in [0.2, 0.25) is 0 Å². The van der Waals surface area contributed by atoms with Gasteiger partial charge in [0.2, 0.25) is 0 Å². The maximum absolute atomic E-state index is 5.20. The molecule has 1 aliphatic carbocycles. The molecular formula is C13H14N2O.